The van der Waals surface area contributed by atoms with Crippen LogP contribution in [0.1, 0.15) is 24.4 Å². The first-order valence-corrected chi connectivity index (χ1v) is 11.9. The summed E-state index contributed by atoms with van der Waals surface area (Å²) in [5, 5.41) is 47.8. The quantitative estimate of drug-likeness (QED) is 0.296. The van der Waals surface area contributed by atoms with Crippen molar-refractivity contribution in [1.29, 1.82) is 0 Å². The van der Waals surface area contributed by atoms with E-state index in [-0.39, 0.29) is 30.1 Å². The molecule has 1 fully saturated rings. The van der Waals surface area contributed by atoms with Crippen LogP contribution in [0.5, 0.6) is 0 Å². The fraction of sp³-hybridized carbons (Fsp3) is 0.304. The number of halogens is 4. The third kappa shape index (κ3) is 4.78. The number of benzene rings is 2. The molecule has 37 heavy (non-hydrogen) atoms. The summed E-state index contributed by atoms with van der Waals surface area (Å²) in [5.41, 5.74) is 0.581. The van der Waals surface area contributed by atoms with Crippen LogP contribution in [-0.2, 0) is 4.74 Å². The molecule has 0 amide bonds. The predicted molar refractivity (Wildman–Crippen MR) is 125 cm³/mol. The van der Waals surface area contributed by atoms with Gasteiger partial charge in [-0.2, -0.15) is 0 Å². The first-order chi connectivity index (χ1) is 17.8. The minimum absolute atomic E-state index is 0.0167. The van der Waals surface area contributed by atoms with Crippen LogP contribution in [0.3, 0.4) is 0 Å². The van der Waals surface area contributed by atoms with Crippen LogP contribution in [0.15, 0.2) is 53.4 Å². The Morgan fingerprint density at radius 3 is 2.38 bits per heavy atom. The second-order valence-electron chi connectivity index (χ2n) is 8.45. The summed E-state index contributed by atoms with van der Waals surface area (Å²) in [4.78, 5) is 0. The first kappa shape index (κ1) is 25.5. The van der Waals surface area contributed by atoms with Crippen molar-refractivity contribution < 1.29 is 33.2 Å². The van der Waals surface area contributed by atoms with Crippen molar-refractivity contribution in [3.63, 3.8) is 0 Å². The van der Waals surface area contributed by atoms with Crippen molar-refractivity contribution >= 4 is 15.9 Å². The van der Waals surface area contributed by atoms with Crippen molar-refractivity contribution in [1.82, 2.24) is 29.8 Å². The van der Waals surface area contributed by atoms with Gasteiger partial charge in [-0.15, -0.1) is 15.3 Å². The Labute approximate surface area is 216 Å². The van der Waals surface area contributed by atoms with E-state index < -0.39 is 47.9 Å². The molecule has 0 saturated carbocycles. The van der Waals surface area contributed by atoms with E-state index in [9.17, 15) is 28.5 Å². The highest BCUT2D eigenvalue weighted by Crippen LogP contribution is 2.39. The molecule has 0 spiro atoms. The molecule has 0 unspecified atom stereocenters. The molecule has 5 rings (SSSR count). The number of ether oxygens (including phenoxy) is 1. The lowest BCUT2D eigenvalue weighted by atomic mass is 9.90. The van der Waals surface area contributed by atoms with Gasteiger partial charge in [0.1, 0.15) is 36.4 Å². The van der Waals surface area contributed by atoms with Crippen molar-refractivity contribution in [3.05, 3.63) is 76.7 Å². The maximum Gasteiger partial charge on any atom is 0.194 e. The van der Waals surface area contributed by atoms with Gasteiger partial charge in [0.15, 0.2) is 23.3 Å². The molecule has 0 bridgehead atoms. The monoisotopic (exact) mass is 580 g/mol. The van der Waals surface area contributed by atoms with E-state index in [1.165, 1.54) is 12.5 Å². The Kier molecular flexibility index (Phi) is 7.09. The first-order valence-electron chi connectivity index (χ1n) is 11.1. The summed E-state index contributed by atoms with van der Waals surface area (Å²) in [6, 6.07) is 7.61. The summed E-state index contributed by atoms with van der Waals surface area (Å²) in [5.74, 6) is -4.18. The molecule has 14 heteroatoms. The highest BCUT2D eigenvalue weighted by Gasteiger charge is 2.48. The normalized spacial score (nSPS) is 23.9. The summed E-state index contributed by atoms with van der Waals surface area (Å²) < 4.78 is 50.5. The number of hydrogen-bond donors (Lipinski definition) is 3. The fourth-order valence-electron chi connectivity index (χ4n) is 4.34. The lowest BCUT2D eigenvalue weighted by Gasteiger charge is -2.42. The molecule has 1 saturated heterocycles. The zero-order valence-corrected chi connectivity index (χ0v) is 20.5. The smallest absolute Gasteiger partial charge is 0.194 e. The Morgan fingerprint density at radius 1 is 1.00 bits per heavy atom. The molecule has 2 aromatic heterocycles. The third-order valence-electron chi connectivity index (χ3n) is 6.15. The van der Waals surface area contributed by atoms with Gasteiger partial charge in [-0.3, -0.25) is 4.57 Å². The topological polar surface area (TPSA) is 131 Å². The average Bonchev–Trinajstić information content (AvgIpc) is 3.55. The van der Waals surface area contributed by atoms with Gasteiger partial charge in [-0.1, -0.05) is 21.1 Å². The highest BCUT2D eigenvalue weighted by molar-refractivity contribution is 9.10. The molecule has 10 nitrogen and oxygen atoms in total. The largest absolute Gasteiger partial charge is 0.396 e. The van der Waals surface area contributed by atoms with Crippen LogP contribution in [0, 0.1) is 17.5 Å². The van der Waals surface area contributed by atoms with Gasteiger partial charge in [-0.25, -0.2) is 17.9 Å². The van der Waals surface area contributed by atoms with Gasteiger partial charge in [0.2, 0.25) is 0 Å². The molecule has 3 N–H and O–H groups in total. The van der Waals surface area contributed by atoms with E-state index in [0.29, 0.717) is 5.69 Å². The van der Waals surface area contributed by atoms with Crippen molar-refractivity contribution in [3.8, 4) is 16.9 Å². The maximum absolute atomic E-state index is 13.7. The van der Waals surface area contributed by atoms with Crippen LogP contribution in [0.2, 0.25) is 0 Å². The van der Waals surface area contributed by atoms with Gasteiger partial charge in [0.25, 0.3) is 0 Å². The van der Waals surface area contributed by atoms with Crippen LogP contribution < -0.4 is 0 Å². The van der Waals surface area contributed by atoms with Gasteiger partial charge in [0, 0.05) is 22.3 Å². The molecule has 0 aliphatic carbocycles. The van der Waals surface area contributed by atoms with E-state index in [1.54, 1.807) is 16.7 Å². The summed E-state index contributed by atoms with van der Waals surface area (Å²) >= 11 is 3.38. The minimum Gasteiger partial charge on any atom is -0.396 e. The molecular weight excluding hydrogens is 561 g/mol. The third-order valence-corrected chi connectivity index (χ3v) is 6.68. The Morgan fingerprint density at radius 2 is 1.70 bits per heavy atom. The number of aliphatic hydroxyl groups is 3. The van der Waals surface area contributed by atoms with Gasteiger partial charge >= 0.3 is 0 Å². The van der Waals surface area contributed by atoms with Crippen LogP contribution in [-0.4, -0.2) is 70.0 Å². The summed E-state index contributed by atoms with van der Waals surface area (Å²) in [6.45, 7) is -0.312. The molecule has 2 aromatic carbocycles. The number of aliphatic hydroxyl groups excluding tert-OH is 3. The van der Waals surface area contributed by atoms with Crippen LogP contribution >= 0.6 is 15.9 Å². The lowest BCUT2D eigenvalue weighted by molar-refractivity contribution is -0.205. The molecule has 194 valence electrons. The summed E-state index contributed by atoms with van der Waals surface area (Å²) in [7, 11) is 0. The van der Waals surface area contributed by atoms with Gasteiger partial charge in [0.05, 0.1) is 12.3 Å². The number of aromatic nitrogens is 6. The van der Waals surface area contributed by atoms with Crippen molar-refractivity contribution in [2.45, 2.75) is 36.9 Å². The van der Waals surface area contributed by atoms with Crippen LogP contribution in [0.25, 0.3) is 16.9 Å². The van der Waals surface area contributed by atoms with E-state index in [4.69, 9.17) is 4.74 Å². The zero-order valence-electron chi connectivity index (χ0n) is 18.9. The number of hydrogen-bond acceptors (Lipinski definition) is 8. The zero-order chi connectivity index (χ0) is 26.3. The maximum atomic E-state index is 13.7. The van der Waals surface area contributed by atoms with Crippen LogP contribution in [0.4, 0.5) is 13.2 Å². The molecular formula is C23H20BrF3N6O4. The predicted octanol–water partition coefficient (Wildman–Crippen LogP) is 2.49. The van der Waals surface area contributed by atoms with E-state index in [1.807, 2.05) is 12.1 Å². The molecule has 3 heterocycles. The highest BCUT2D eigenvalue weighted by atomic mass is 79.9. The molecule has 1 aliphatic heterocycles. The second kappa shape index (κ2) is 10.3. The second-order valence-corrected chi connectivity index (χ2v) is 9.37. The Bertz CT molecular complexity index is 1380. The van der Waals surface area contributed by atoms with E-state index in [2.05, 4.69) is 36.4 Å². The van der Waals surface area contributed by atoms with E-state index in [0.717, 1.165) is 21.3 Å². The SMILES string of the molecule is OCC[C@H]1O[C@@H](c2nncn2-c2ccc(Br)cc2)[C@H](O)[C@@H](n2cc(-c3cc(F)c(F)c(F)c3)nn2)[C@H]1O. The Balaban J connectivity index is 1.52. The minimum atomic E-state index is -1.61. The standard InChI is InChI=1S/C23H20BrF3N6O4/c24-12-1-3-13(4-2-12)32-10-28-30-23(32)22-21(36)19(20(35)17(37-22)5-6-34)33-9-16(29-31-33)11-7-14(25)18(27)15(26)8-11/h1-4,7-10,17,19-22,34-36H,5-6H2/t17-,19+,20+,21-,22-/m1/s1. The summed E-state index contributed by atoms with van der Waals surface area (Å²) in [6.07, 6.45) is -2.08. The number of rotatable bonds is 6. The molecule has 4 aromatic rings. The van der Waals surface area contributed by atoms with Gasteiger partial charge < -0.3 is 20.1 Å². The fourth-order valence-corrected chi connectivity index (χ4v) is 4.60. The van der Waals surface area contributed by atoms with Crippen molar-refractivity contribution in [2.24, 2.45) is 0 Å². The van der Waals surface area contributed by atoms with E-state index >= 15 is 0 Å². The van der Waals surface area contributed by atoms with Gasteiger partial charge in [-0.05, 0) is 42.8 Å². The average molecular weight is 581 g/mol. The number of nitrogens with zero attached hydrogens (tertiary/aromatic N) is 6. The molecule has 5 atom stereocenters. The Hall–Kier alpha value is -3.17. The molecule has 1 aliphatic rings. The van der Waals surface area contributed by atoms with Crippen molar-refractivity contribution in [2.75, 3.05) is 6.61 Å². The molecule has 0 radical (unpaired) electrons. The lowest BCUT2D eigenvalue weighted by Crippen LogP contribution is -2.52.